The molecule has 1 saturated heterocycles. The van der Waals surface area contributed by atoms with Crippen LogP contribution in [0, 0.1) is 0 Å². The lowest BCUT2D eigenvalue weighted by Crippen LogP contribution is -2.50. The Balaban J connectivity index is 1.15. The zero-order valence-corrected chi connectivity index (χ0v) is 24.2. The van der Waals surface area contributed by atoms with Crippen LogP contribution in [0.4, 0.5) is 0 Å². The normalized spacial score (nSPS) is 14.8. The number of nitrogens with zero attached hydrogens (tertiary/aromatic N) is 3. The van der Waals surface area contributed by atoms with Gasteiger partial charge in [0.2, 0.25) is 6.61 Å². The molecule has 1 aliphatic heterocycles. The van der Waals surface area contributed by atoms with Crippen molar-refractivity contribution in [2.45, 2.75) is 13.0 Å². The highest BCUT2D eigenvalue weighted by atomic mass is 32.1. The molecular formula is C33H33N3O5S. The van der Waals surface area contributed by atoms with Gasteiger partial charge in [0.05, 0.1) is 11.8 Å². The first kappa shape index (κ1) is 29.0. The number of carboxylic acids is 1. The highest BCUT2D eigenvalue weighted by molar-refractivity contribution is 7.10. The quantitative estimate of drug-likeness (QED) is 0.184. The standard InChI is InChI=1S/C33H33N3O5S/c1-24(34-41-23-32(38)39)25-12-14-26(15-13-25)28-9-5-10-29(21-28)40-22-31(37)35-16-18-36(19-17-35)33(30-11-6-20-42-30)27-7-3-2-4-8-27/h2-15,20-21,33H,16-19,22-23H2,1H3,(H,38,39)/b34-24+. The van der Waals surface area contributed by atoms with Gasteiger partial charge in [0.1, 0.15) is 5.75 Å². The monoisotopic (exact) mass is 583 g/mol. The van der Waals surface area contributed by atoms with Crippen LogP contribution in [0.2, 0.25) is 0 Å². The number of hydrogen-bond donors (Lipinski definition) is 1. The third-order valence-electron chi connectivity index (χ3n) is 7.18. The van der Waals surface area contributed by atoms with E-state index in [4.69, 9.17) is 14.7 Å². The molecule has 9 heteroatoms. The summed E-state index contributed by atoms with van der Waals surface area (Å²) >= 11 is 1.77. The number of benzene rings is 3. The number of carbonyl (C=O) groups is 2. The largest absolute Gasteiger partial charge is 0.484 e. The molecule has 0 aliphatic carbocycles. The molecule has 1 aromatic heterocycles. The van der Waals surface area contributed by atoms with Gasteiger partial charge in [-0.3, -0.25) is 9.69 Å². The van der Waals surface area contributed by atoms with Crippen LogP contribution in [0.3, 0.4) is 0 Å². The minimum Gasteiger partial charge on any atom is -0.484 e. The maximum absolute atomic E-state index is 13.0. The number of rotatable bonds is 11. The molecule has 0 spiro atoms. The van der Waals surface area contributed by atoms with Gasteiger partial charge >= 0.3 is 5.97 Å². The van der Waals surface area contributed by atoms with Gasteiger partial charge in [-0.25, -0.2) is 4.79 Å². The summed E-state index contributed by atoms with van der Waals surface area (Å²) in [5.74, 6) is -0.461. The van der Waals surface area contributed by atoms with E-state index in [1.165, 1.54) is 10.4 Å². The van der Waals surface area contributed by atoms with Crippen molar-refractivity contribution in [1.29, 1.82) is 0 Å². The summed E-state index contributed by atoms with van der Waals surface area (Å²) in [7, 11) is 0. The van der Waals surface area contributed by atoms with Gasteiger partial charge in [0.25, 0.3) is 5.91 Å². The molecule has 1 atom stereocenters. The number of aliphatic carboxylic acids is 1. The summed E-state index contributed by atoms with van der Waals surface area (Å²) in [6.07, 6.45) is 0. The second-order valence-corrected chi connectivity index (χ2v) is 11.0. The van der Waals surface area contributed by atoms with Gasteiger partial charge in [-0.05, 0) is 52.8 Å². The Kier molecular flexibility index (Phi) is 9.63. The molecular weight excluding hydrogens is 550 g/mol. The molecule has 1 fully saturated rings. The van der Waals surface area contributed by atoms with Crippen LogP contribution in [0.1, 0.15) is 29.0 Å². The van der Waals surface area contributed by atoms with Crippen LogP contribution in [0.25, 0.3) is 11.1 Å². The number of thiophene rings is 1. The summed E-state index contributed by atoms with van der Waals surface area (Å²) in [4.78, 5) is 34.1. The van der Waals surface area contributed by atoms with Crippen molar-refractivity contribution < 1.29 is 24.3 Å². The average Bonchev–Trinajstić information content (AvgIpc) is 3.55. The Morgan fingerprint density at radius 2 is 1.64 bits per heavy atom. The van der Waals surface area contributed by atoms with E-state index in [2.05, 4.69) is 51.8 Å². The SMILES string of the molecule is C/C(=N\OCC(=O)O)c1ccc(-c2cccc(OCC(=O)N3CCN(C(c4ccccc4)c4cccs4)CC3)c2)cc1. The fraction of sp³-hybridized carbons (Fsp3) is 0.242. The molecule has 4 aromatic rings. The third-order valence-corrected chi connectivity index (χ3v) is 8.11. The van der Waals surface area contributed by atoms with Crippen LogP contribution in [-0.2, 0) is 14.4 Å². The van der Waals surface area contributed by atoms with Gasteiger partial charge in [-0.1, -0.05) is 78.0 Å². The van der Waals surface area contributed by atoms with Crippen molar-refractivity contribution in [3.63, 3.8) is 0 Å². The molecule has 2 heterocycles. The predicted molar refractivity (Wildman–Crippen MR) is 164 cm³/mol. The van der Waals surface area contributed by atoms with Crippen molar-refractivity contribution in [3.8, 4) is 16.9 Å². The molecule has 0 bridgehead atoms. The summed E-state index contributed by atoms with van der Waals surface area (Å²) in [6.45, 7) is 4.18. The number of amides is 1. The van der Waals surface area contributed by atoms with E-state index in [1.54, 1.807) is 18.3 Å². The van der Waals surface area contributed by atoms with Crippen LogP contribution in [-0.4, -0.2) is 71.9 Å². The zero-order chi connectivity index (χ0) is 29.3. The number of oxime groups is 1. The van der Waals surface area contributed by atoms with E-state index in [0.29, 0.717) is 24.6 Å². The van der Waals surface area contributed by atoms with Crippen molar-refractivity contribution >= 4 is 28.9 Å². The molecule has 1 unspecified atom stereocenters. The molecule has 3 aromatic carbocycles. The third kappa shape index (κ3) is 7.43. The highest BCUT2D eigenvalue weighted by Crippen LogP contribution is 2.32. The van der Waals surface area contributed by atoms with E-state index in [0.717, 1.165) is 29.8 Å². The van der Waals surface area contributed by atoms with Gasteiger partial charge in [-0.15, -0.1) is 11.3 Å². The molecule has 0 radical (unpaired) electrons. The van der Waals surface area contributed by atoms with Crippen LogP contribution >= 0.6 is 11.3 Å². The summed E-state index contributed by atoms with van der Waals surface area (Å²) < 4.78 is 5.92. The Hall–Kier alpha value is -4.47. The lowest BCUT2D eigenvalue weighted by Gasteiger charge is -2.39. The van der Waals surface area contributed by atoms with Crippen LogP contribution in [0.5, 0.6) is 5.75 Å². The number of hydrogen-bond acceptors (Lipinski definition) is 7. The Bertz CT molecular complexity index is 1500. The maximum Gasteiger partial charge on any atom is 0.344 e. The highest BCUT2D eigenvalue weighted by Gasteiger charge is 2.28. The van der Waals surface area contributed by atoms with Gasteiger partial charge in [0, 0.05) is 31.1 Å². The number of ether oxygens (including phenoxy) is 1. The first-order valence-electron chi connectivity index (χ1n) is 13.8. The maximum atomic E-state index is 13.0. The van der Waals surface area contributed by atoms with Crippen LogP contribution < -0.4 is 4.74 Å². The summed E-state index contributed by atoms with van der Waals surface area (Å²) in [5.41, 5.74) is 4.61. The number of piperazine rings is 1. The minimum atomic E-state index is -1.07. The number of carbonyl (C=O) groups excluding carboxylic acids is 1. The van der Waals surface area contributed by atoms with E-state index in [1.807, 2.05) is 59.5 Å². The van der Waals surface area contributed by atoms with Gasteiger partial charge in [-0.2, -0.15) is 0 Å². The second-order valence-electron chi connectivity index (χ2n) is 9.98. The Morgan fingerprint density at radius 3 is 2.33 bits per heavy atom. The van der Waals surface area contributed by atoms with Crippen LogP contribution in [0.15, 0.2) is 102 Å². The molecule has 0 saturated carbocycles. The molecule has 1 amide bonds. The molecule has 1 N–H and O–H groups in total. The first-order chi connectivity index (χ1) is 20.5. The topological polar surface area (TPSA) is 91.7 Å². The van der Waals surface area contributed by atoms with E-state index in [9.17, 15) is 9.59 Å². The lowest BCUT2D eigenvalue weighted by atomic mass is 10.0. The fourth-order valence-corrected chi connectivity index (χ4v) is 5.89. The van der Waals surface area contributed by atoms with Crippen molar-refractivity contribution in [1.82, 2.24) is 9.80 Å². The Morgan fingerprint density at radius 1 is 0.881 bits per heavy atom. The van der Waals surface area contributed by atoms with Crippen molar-refractivity contribution in [3.05, 3.63) is 112 Å². The molecule has 1 aliphatic rings. The second kappa shape index (κ2) is 13.9. The molecule has 8 nitrogen and oxygen atoms in total. The average molecular weight is 584 g/mol. The van der Waals surface area contributed by atoms with E-state index < -0.39 is 12.6 Å². The summed E-state index contributed by atoms with van der Waals surface area (Å²) in [5, 5.41) is 14.6. The minimum absolute atomic E-state index is 0.0125. The Labute approximate surface area is 249 Å². The smallest absolute Gasteiger partial charge is 0.344 e. The first-order valence-corrected chi connectivity index (χ1v) is 14.7. The fourth-order valence-electron chi connectivity index (χ4n) is 5.01. The lowest BCUT2D eigenvalue weighted by molar-refractivity contribution is -0.142. The zero-order valence-electron chi connectivity index (χ0n) is 23.4. The summed E-state index contributed by atoms with van der Waals surface area (Å²) in [6, 6.07) is 30.4. The van der Waals surface area contributed by atoms with Gasteiger partial charge in [0.15, 0.2) is 6.61 Å². The van der Waals surface area contributed by atoms with Gasteiger partial charge < -0.3 is 19.6 Å². The van der Waals surface area contributed by atoms with E-state index >= 15 is 0 Å². The molecule has 42 heavy (non-hydrogen) atoms. The predicted octanol–water partition coefficient (Wildman–Crippen LogP) is 5.55. The molecule has 5 rings (SSSR count). The molecule has 216 valence electrons. The van der Waals surface area contributed by atoms with E-state index in [-0.39, 0.29) is 18.6 Å². The number of carboxylic acid groups (broad SMARTS) is 1. The van der Waals surface area contributed by atoms with Crippen molar-refractivity contribution in [2.24, 2.45) is 5.16 Å². The van der Waals surface area contributed by atoms with Crippen molar-refractivity contribution in [2.75, 3.05) is 39.4 Å².